The van der Waals surface area contributed by atoms with Crippen molar-refractivity contribution < 1.29 is 27.8 Å². The number of carbonyl (C=O) groups is 1. The van der Waals surface area contributed by atoms with Gasteiger partial charge in [0.1, 0.15) is 5.75 Å². The zero-order valence-corrected chi connectivity index (χ0v) is 11.2. The molecule has 0 bridgehead atoms. The minimum absolute atomic E-state index is 0.156. The molecule has 0 atom stereocenters. The van der Waals surface area contributed by atoms with Gasteiger partial charge in [0.05, 0.1) is 5.56 Å². The van der Waals surface area contributed by atoms with Crippen LogP contribution >= 0.6 is 0 Å². The lowest BCUT2D eigenvalue weighted by Gasteiger charge is -2.12. The standard InChI is InChI=1S/C14H12F3NO3/c1-8-7-12(13(19)20)9(2)18(8)10-3-5-11(6-4-10)21-14(15,16)17/h3-7H,1-2H3,(H,19,20). The van der Waals surface area contributed by atoms with E-state index in [9.17, 15) is 18.0 Å². The minimum Gasteiger partial charge on any atom is -0.478 e. The van der Waals surface area contributed by atoms with Gasteiger partial charge in [-0.25, -0.2) is 4.79 Å². The number of hydrogen-bond acceptors (Lipinski definition) is 2. The van der Waals surface area contributed by atoms with E-state index in [4.69, 9.17) is 5.11 Å². The molecule has 0 aliphatic carbocycles. The number of benzene rings is 1. The molecule has 2 aromatic rings. The van der Waals surface area contributed by atoms with E-state index in [0.717, 1.165) is 0 Å². The normalized spacial score (nSPS) is 11.5. The van der Waals surface area contributed by atoms with Crippen molar-refractivity contribution in [1.29, 1.82) is 0 Å². The summed E-state index contributed by atoms with van der Waals surface area (Å²) in [7, 11) is 0. The monoisotopic (exact) mass is 299 g/mol. The molecule has 2 rings (SSSR count). The summed E-state index contributed by atoms with van der Waals surface area (Å²) in [6, 6.07) is 6.75. The van der Waals surface area contributed by atoms with Crippen LogP contribution in [-0.2, 0) is 0 Å². The van der Waals surface area contributed by atoms with Crippen molar-refractivity contribution in [2.24, 2.45) is 0 Å². The average Bonchev–Trinajstić information content (AvgIpc) is 2.64. The van der Waals surface area contributed by atoms with E-state index < -0.39 is 12.3 Å². The van der Waals surface area contributed by atoms with Crippen LogP contribution in [0.4, 0.5) is 13.2 Å². The fourth-order valence-electron chi connectivity index (χ4n) is 2.17. The molecule has 1 aromatic carbocycles. The highest BCUT2D eigenvalue weighted by Crippen LogP contribution is 2.26. The average molecular weight is 299 g/mol. The van der Waals surface area contributed by atoms with E-state index in [1.54, 1.807) is 18.4 Å². The molecule has 0 unspecified atom stereocenters. The van der Waals surface area contributed by atoms with Crippen molar-refractivity contribution in [3.05, 3.63) is 47.3 Å². The van der Waals surface area contributed by atoms with Gasteiger partial charge in [0.2, 0.25) is 0 Å². The molecular formula is C14H12F3NO3. The highest BCUT2D eigenvalue weighted by molar-refractivity contribution is 5.89. The summed E-state index contributed by atoms with van der Waals surface area (Å²) in [4.78, 5) is 11.1. The predicted octanol–water partition coefficient (Wildman–Crippen LogP) is 3.69. The van der Waals surface area contributed by atoms with Gasteiger partial charge in [-0.3, -0.25) is 0 Å². The quantitative estimate of drug-likeness (QED) is 0.940. The third-order valence-electron chi connectivity index (χ3n) is 2.99. The van der Waals surface area contributed by atoms with E-state index >= 15 is 0 Å². The zero-order chi connectivity index (χ0) is 15.8. The smallest absolute Gasteiger partial charge is 0.478 e. The number of halogens is 3. The number of aryl methyl sites for hydroxylation is 1. The lowest BCUT2D eigenvalue weighted by atomic mass is 10.2. The van der Waals surface area contributed by atoms with E-state index in [0.29, 0.717) is 17.1 Å². The van der Waals surface area contributed by atoms with Crippen LogP contribution in [0.25, 0.3) is 5.69 Å². The Morgan fingerprint density at radius 3 is 2.19 bits per heavy atom. The number of nitrogens with zero attached hydrogens (tertiary/aromatic N) is 1. The SMILES string of the molecule is Cc1cc(C(=O)O)c(C)n1-c1ccc(OC(F)(F)F)cc1. The van der Waals surface area contributed by atoms with Crippen molar-refractivity contribution >= 4 is 5.97 Å². The van der Waals surface area contributed by atoms with Crippen molar-refractivity contribution in [3.8, 4) is 11.4 Å². The summed E-state index contributed by atoms with van der Waals surface area (Å²) in [5, 5.41) is 9.06. The molecule has 0 saturated heterocycles. The molecule has 0 aliphatic rings. The molecule has 112 valence electrons. The van der Waals surface area contributed by atoms with Crippen LogP contribution in [0.3, 0.4) is 0 Å². The molecule has 21 heavy (non-hydrogen) atoms. The highest BCUT2D eigenvalue weighted by Gasteiger charge is 2.31. The van der Waals surface area contributed by atoms with Crippen LogP contribution in [0, 0.1) is 13.8 Å². The van der Waals surface area contributed by atoms with Crippen LogP contribution in [0.5, 0.6) is 5.75 Å². The summed E-state index contributed by atoms with van der Waals surface area (Å²) >= 11 is 0. The van der Waals surface area contributed by atoms with Crippen LogP contribution in [0.15, 0.2) is 30.3 Å². The molecule has 1 N–H and O–H groups in total. The van der Waals surface area contributed by atoms with Gasteiger partial charge in [0, 0.05) is 17.1 Å². The van der Waals surface area contributed by atoms with Gasteiger partial charge in [-0.15, -0.1) is 13.2 Å². The van der Waals surface area contributed by atoms with E-state index in [-0.39, 0.29) is 11.3 Å². The molecule has 0 radical (unpaired) electrons. The summed E-state index contributed by atoms with van der Waals surface area (Å²) in [6.45, 7) is 3.36. The molecule has 1 aromatic heterocycles. The van der Waals surface area contributed by atoms with E-state index in [1.165, 1.54) is 30.3 Å². The lowest BCUT2D eigenvalue weighted by Crippen LogP contribution is -2.17. The van der Waals surface area contributed by atoms with Gasteiger partial charge < -0.3 is 14.4 Å². The summed E-state index contributed by atoms with van der Waals surface area (Å²) in [6.07, 6.45) is -4.74. The Kier molecular flexibility index (Phi) is 3.67. The first-order chi connectivity index (χ1) is 9.69. The van der Waals surface area contributed by atoms with Crippen LogP contribution in [0.1, 0.15) is 21.7 Å². The second-order valence-electron chi connectivity index (χ2n) is 4.47. The summed E-state index contributed by atoms with van der Waals surface area (Å²) < 4.78 is 41.7. The summed E-state index contributed by atoms with van der Waals surface area (Å²) in [5.41, 5.74) is 1.90. The number of rotatable bonds is 3. The maximum Gasteiger partial charge on any atom is 0.573 e. The van der Waals surface area contributed by atoms with Crippen molar-refractivity contribution in [2.45, 2.75) is 20.2 Å². The lowest BCUT2D eigenvalue weighted by molar-refractivity contribution is -0.274. The third kappa shape index (κ3) is 3.18. The Morgan fingerprint density at radius 1 is 1.19 bits per heavy atom. The second kappa shape index (κ2) is 5.16. The fraction of sp³-hybridized carbons (Fsp3) is 0.214. The number of ether oxygens (including phenoxy) is 1. The zero-order valence-electron chi connectivity index (χ0n) is 11.2. The first kappa shape index (κ1) is 15.0. The Balaban J connectivity index is 2.38. The Hall–Kier alpha value is -2.44. The van der Waals surface area contributed by atoms with E-state index in [1.807, 2.05) is 0 Å². The molecule has 0 saturated carbocycles. The number of hydrogen-bond donors (Lipinski definition) is 1. The number of aromatic nitrogens is 1. The Labute approximate surface area is 118 Å². The third-order valence-corrected chi connectivity index (χ3v) is 2.99. The van der Waals surface area contributed by atoms with Gasteiger partial charge >= 0.3 is 12.3 Å². The number of aromatic carboxylic acids is 1. The first-order valence-electron chi connectivity index (χ1n) is 5.97. The van der Waals surface area contributed by atoms with E-state index in [2.05, 4.69) is 4.74 Å². The topological polar surface area (TPSA) is 51.5 Å². The van der Waals surface area contributed by atoms with Crippen LogP contribution in [0.2, 0.25) is 0 Å². The number of carboxylic acids is 1. The van der Waals surface area contributed by atoms with Gasteiger partial charge in [-0.1, -0.05) is 0 Å². The molecule has 0 aliphatic heterocycles. The molecule has 0 amide bonds. The molecule has 1 heterocycles. The maximum absolute atomic E-state index is 12.1. The van der Waals surface area contributed by atoms with Gasteiger partial charge in [-0.05, 0) is 44.2 Å². The molecular weight excluding hydrogens is 287 g/mol. The molecule has 0 fully saturated rings. The van der Waals surface area contributed by atoms with Gasteiger partial charge in [-0.2, -0.15) is 0 Å². The number of carboxylic acid groups (broad SMARTS) is 1. The van der Waals surface area contributed by atoms with Crippen LogP contribution < -0.4 is 4.74 Å². The first-order valence-corrected chi connectivity index (χ1v) is 5.97. The van der Waals surface area contributed by atoms with Crippen molar-refractivity contribution in [1.82, 2.24) is 4.57 Å². The van der Waals surface area contributed by atoms with Crippen molar-refractivity contribution in [3.63, 3.8) is 0 Å². The maximum atomic E-state index is 12.1. The molecule has 7 heteroatoms. The van der Waals surface area contributed by atoms with Crippen molar-refractivity contribution in [2.75, 3.05) is 0 Å². The second-order valence-corrected chi connectivity index (χ2v) is 4.47. The Morgan fingerprint density at radius 2 is 1.76 bits per heavy atom. The fourth-order valence-corrected chi connectivity index (χ4v) is 2.17. The molecule has 0 spiro atoms. The van der Waals surface area contributed by atoms with Gasteiger partial charge in [0.15, 0.2) is 0 Å². The van der Waals surface area contributed by atoms with Gasteiger partial charge in [0.25, 0.3) is 0 Å². The Bertz CT molecular complexity index is 672. The highest BCUT2D eigenvalue weighted by atomic mass is 19.4. The number of alkyl halides is 3. The van der Waals surface area contributed by atoms with Crippen LogP contribution in [-0.4, -0.2) is 22.0 Å². The predicted molar refractivity (Wildman–Crippen MR) is 68.9 cm³/mol. The molecule has 4 nitrogen and oxygen atoms in total. The summed E-state index contributed by atoms with van der Waals surface area (Å²) in [5.74, 6) is -1.38. The minimum atomic E-state index is -4.74. The largest absolute Gasteiger partial charge is 0.573 e.